The van der Waals surface area contributed by atoms with E-state index >= 15 is 4.39 Å². The Morgan fingerprint density at radius 2 is 2.05 bits per heavy atom. The summed E-state index contributed by atoms with van der Waals surface area (Å²) in [5, 5.41) is 2.58. The minimum Gasteiger partial charge on any atom is -0.449 e. The van der Waals surface area contributed by atoms with E-state index in [-0.39, 0.29) is 49.0 Å². The van der Waals surface area contributed by atoms with Crippen LogP contribution in [-0.4, -0.2) is 59.3 Å². The minimum absolute atomic E-state index is 0.0254. The van der Waals surface area contributed by atoms with Crippen LogP contribution in [0.5, 0.6) is 0 Å². The highest BCUT2D eigenvalue weighted by atomic mass is 32.2. The van der Waals surface area contributed by atoms with Gasteiger partial charge in [-0.25, -0.2) is 13.4 Å². The van der Waals surface area contributed by atoms with Crippen molar-refractivity contribution in [2.75, 3.05) is 29.5 Å². The van der Waals surface area contributed by atoms with E-state index in [1.54, 1.807) is 42.5 Å². The van der Waals surface area contributed by atoms with Crippen LogP contribution in [-0.2, 0) is 33.6 Å². The van der Waals surface area contributed by atoms with Gasteiger partial charge < -0.3 is 14.8 Å². The van der Waals surface area contributed by atoms with E-state index in [2.05, 4.69) is 9.68 Å². The molecule has 4 rings (SSSR count). The Hall–Kier alpha value is -4.06. The maximum atomic E-state index is 15.1. The number of cyclic esters (lactones) is 1. The van der Waals surface area contributed by atoms with Crippen molar-refractivity contribution < 1.29 is 37.3 Å². The number of ether oxygens (including phenoxy) is 2. The monoisotopic (exact) mass is 543 g/mol. The van der Waals surface area contributed by atoms with Crippen LogP contribution in [0.15, 0.2) is 59.0 Å². The van der Waals surface area contributed by atoms with Gasteiger partial charge in [-0.1, -0.05) is 36.4 Å². The van der Waals surface area contributed by atoms with Crippen molar-refractivity contribution >= 4 is 45.4 Å². The number of carbonyl (C=O) groups excluding carboxylic acids is 4. The predicted molar refractivity (Wildman–Crippen MR) is 137 cm³/mol. The molecule has 2 heterocycles. The van der Waals surface area contributed by atoms with Crippen molar-refractivity contribution in [1.29, 1.82) is 0 Å². The smallest absolute Gasteiger partial charge is 0.414 e. The summed E-state index contributed by atoms with van der Waals surface area (Å²) in [5.41, 5.74) is 1.61. The molecule has 0 aliphatic carbocycles. The summed E-state index contributed by atoms with van der Waals surface area (Å²) in [5.74, 6) is -1.69. The summed E-state index contributed by atoms with van der Waals surface area (Å²) in [6.07, 6.45) is -0.679. The molecular weight excluding hydrogens is 517 g/mol. The molecule has 3 atom stereocenters. The fourth-order valence-electron chi connectivity index (χ4n) is 4.22. The van der Waals surface area contributed by atoms with Crippen LogP contribution in [0.2, 0.25) is 0 Å². The van der Waals surface area contributed by atoms with E-state index in [9.17, 15) is 23.4 Å². The zero-order valence-electron chi connectivity index (χ0n) is 20.5. The van der Waals surface area contributed by atoms with E-state index in [1.165, 1.54) is 24.0 Å². The lowest BCUT2D eigenvalue weighted by Gasteiger charge is -2.20. The lowest BCUT2D eigenvalue weighted by Crippen LogP contribution is -2.33. The van der Waals surface area contributed by atoms with Crippen molar-refractivity contribution in [1.82, 2.24) is 5.32 Å². The summed E-state index contributed by atoms with van der Waals surface area (Å²) in [4.78, 5) is 48.3. The van der Waals surface area contributed by atoms with Crippen LogP contribution in [0, 0.1) is 5.82 Å². The van der Waals surface area contributed by atoms with Gasteiger partial charge in [0.2, 0.25) is 12.0 Å². The van der Waals surface area contributed by atoms with Crippen LogP contribution in [0.4, 0.5) is 14.9 Å². The number of halogens is 1. The second-order valence-corrected chi connectivity index (χ2v) is 11.3. The topological polar surface area (TPSA) is 131 Å². The highest BCUT2D eigenvalue weighted by Crippen LogP contribution is 2.31. The van der Waals surface area contributed by atoms with Crippen molar-refractivity contribution in [3.8, 4) is 0 Å². The van der Waals surface area contributed by atoms with Crippen molar-refractivity contribution in [2.45, 2.75) is 25.6 Å². The highest BCUT2D eigenvalue weighted by molar-refractivity contribution is 7.94. The number of benzene rings is 2. The Bertz CT molecular complexity index is 1400. The second kappa shape index (κ2) is 11.5. The molecule has 10 nitrogen and oxygen atoms in total. The highest BCUT2D eigenvalue weighted by Gasteiger charge is 2.33. The molecule has 1 N–H and O–H groups in total. The van der Waals surface area contributed by atoms with Crippen LogP contribution < -0.4 is 10.2 Å². The summed E-state index contributed by atoms with van der Waals surface area (Å²) < 4.78 is 42.4. The molecule has 2 aliphatic heterocycles. The number of carbonyl (C=O) groups is 4. The van der Waals surface area contributed by atoms with Gasteiger partial charge >= 0.3 is 6.09 Å². The van der Waals surface area contributed by atoms with Crippen molar-refractivity contribution in [3.63, 3.8) is 0 Å². The van der Waals surface area contributed by atoms with Crippen LogP contribution in [0.1, 0.15) is 30.6 Å². The van der Waals surface area contributed by atoms with Gasteiger partial charge in [-0.15, -0.1) is 0 Å². The first-order chi connectivity index (χ1) is 18.2. The van der Waals surface area contributed by atoms with Gasteiger partial charge in [-0.3, -0.25) is 19.3 Å². The maximum absolute atomic E-state index is 15.1. The number of amides is 3. The molecule has 3 amide bonds. The molecule has 12 heteroatoms. The van der Waals surface area contributed by atoms with Gasteiger partial charge in [0.1, 0.15) is 11.9 Å². The van der Waals surface area contributed by atoms with E-state index in [0.717, 1.165) is 0 Å². The number of allylic oxidation sites excluding steroid dienone is 1. The fourth-order valence-corrected chi connectivity index (χ4v) is 5.97. The molecule has 200 valence electrons. The quantitative estimate of drug-likeness (QED) is 0.507. The number of hydrogen-bond acceptors (Lipinski definition) is 7. The molecule has 0 radical (unpaired) electrons. The Kier molecular flexibility index (Phi) is 8.20. The van der Waals surface area contributed by atoms with Gasteiger partial charge in [0.15, 0.2) is 0 Å². The molecule has 2 aromatic carbocycles. The maximum Gasteiger partial charge on any atom is 0.414 e. The molecule has 1 saturated heterocycles. The zero-order chi connectivity index (χ0) is 27.3. The third-order valence-electron chi connectivity index (χ3n) is 6.12. The Morgan fingerprint density at radius 1 is 1.29 bits per heavy atom. The Morgan fingerprint density at radius 3 is 2.68 bits per heavy atom. The molecule has 0 spiro atoms. The van der Waals surface area contributed by atoms with Crippen molar-refractivity contribution in [3.05, 3.63) is 71.6 Å². The standard InChI is InChI=1S/C26H26FN3O7S/c1-17(32)28-14-21-15-30(26(34)37-21)20-7-8-22(23(27)13-20)18-9-11-38(35,12-10-18)29-25(33)24(36-16-31)19-5-3-2-4-6-19/h2-9,13,16,21,24H,10-12,14-15H2,1H3,(H,28,32)/t21-,24+,38?/m0/s1. The number of nitrogens with one attached hydrogen (secondary N) is 1. The summed E-state index contributed by atoms with van der Waals surface area (Å²) in [7, 11) is -2.98. The van der Waals surface area contributed by atoms with Crippen LogP contribution >= 0.6 is 0 Å². The van der Waals surface area contributed by atoms with Gasteiger partial charge in [-0.05, 0) is 30.2 Å². The summed E-state index contributed by atoms with van der Waals surface area (Å²) >= 11 is 0. The van der Waals surface area contributed by atoms with Gasteiger partial charge in [0, 0.05) is 23.8 Å². The second-order valence-electron chi connectivity index (χ2n) is 8.79. The van der Waals surface area contributed by atoms with Gasteiger partial charge in [-0.2, -0.15) is 4.36 Å². The Labute approximate surface area is 219 Å². The molecule has 1 unspecified atom stereocenters. The molecule has 38 heavy (non-hydrogen) atoms. The van der Waals surface area contributed by atoms with E-state index in [0.29, 0.717) is 16.8 Å². The average Bonchev–Trinajstić information content (AvgIpc) is 3.27. The van der Waals surface area contributed by atoms with Gasteiger partial charge in [0.25, 0.3) is 12.4 Å². The first-order valence-corrected chi connectivity index (χ1v) is 13.7. The molecule has 0 bridgehead atoms. The number of hydrogen-bond donors (Lipinski definition) is 1. The van der Waals surface area contributed by atoms with Crippen molar-refractivity contribution in [2.24, 2.45) is 4.36 Å². The summed E-state index contributed by atoms with van der Waals surface area (Å²) in [6.45, 7) is 1.83. The first-order valence-electron chi connectivity index (χ1n) is 11.8. The average molecular weight is 544 g/mol. The Balaban J connectivity index is 1.47. The number of rotatable bonds is 8. The zero-order valence-corrected chi connectivity index (χ0v) is 21.3. The summed E-state index contributed by atoms with van der Waals surface area (Å²) in [6, 6.07) is 12.6. The normalized spacial score (nSPS) is 21.6. The predicted octanol–water partition coefficient (Wildman–Crippen LogP) is 2.98. The number of nitrogens with zero attached hydrogens (tertiary/aromatic N) is 2. The van der Waals surface area contributed by atoms with E-state index < -0.39 is 39.8 Å². The third kappa shape index (κ3) is 6.25. The molecule has 0 saturated carbocycles. The number of anilines is 1. The third-order valence-corrected chi connectivity index (χ3v) is 8.16. The van der Waals surface area contributed by atoms with Crippen LogP contribution in [0.3, 0.4) is 0 Å². The minimum atomic E-state index is -2.98. The van der Waals surface area contributed by atoms with Crippen LogP contribution in [0.25, 0.3) is 5.57 Å². The molecule has 0 aromatic heterocycles. The largest absolute Gasteiger partial charge is 0.449 e. The van der Waals surface area contributed by atoms with E-state index in [4.69, 9.17) is 9.47 Å². The lowest BCUT2D eigenvalue weighted by molar-refractivity contribution is -0.143. The molecule has 2 aromatic rings. The lowest BCUT2D eigenvalue weighted by atomic mass is 10.0. The van der Waals surface area contributed by atoms with Gasteiger partial charge in [0.05, 0.1) is 34.3 Å². The van der Waals surface area contributed by atoms with E-state index in [1.807, 2.05) is 0 Å². The fraction of sp³-hybridized carbons (Fsp3) is 0.308. The molecular formula is C26H26FN3O7S. The molecule has 1 fully saturated rings. The molecule has 2 aliphatic rings. The first kappa shape index (κ1) is 27.0. The SMILES string of the molecule is CC(=O)NC[C@H]1CN(c2ccc(C3=CCS(=O)(=NC(=O)[C@H](OC=O)c4ccccc4)CC3)c(F)c2)C(=O)O1.